The average molecular weight is 325 g/mol. The minimum Gasteiger partial charge on any atom is -0.508 e. The topological polar surface area (TPSA) is 75.6 Å². The van der Waals surface area contributed by atoms with Crippen molar-refractivity contribution < 1.29 is 19.4 Å². The molecule has 21 heavy (non-hydrogen) atoms. The molecule has 0 saturated carbocycles. The summed E-state index contributed by atoms with van der Waals surface area (Å²) in [5.74, 6) is -1.01. The summed E-state index contributed by atoms with van der Waals surface area (Å²) in [6.07, 6.45) is -0.287. The Labute approximate surface area is 131 Å². The zero-order valence-electron chi connectivity index (χ0n) is 11.6. The molecule has 2 rings (SSSR count). The number of amides is 1. The average Bonchev–Trinajstić information content (AvgIpc) is 2.35. The Morgan fingerprint density at radius 1 is 1.24 bits per heavy atom. The van der Waals surface area contributed by atoms with Crippen LogP contribution in [0.25, 0.3) is 0 Å². The maximum Gasteiger partial charge on any atom is 0.345 e. The number of anilines is 1. The summed E-state index contributed by atoms with van der Waals surface area (Å²) in [5, 5.41) is 12.7. The number of phenols is 1. The molecular formula is C14H15NO4S2. The predicted octanol–water partition coefficient (Wildman–Crippen LogP) is 2.93. The maximum absolute atomic E-state index is 12.3. The van der Waals surface area contributed by atoms with Crippen LogP contribution in [-0.4, -0.2) is 28.2 Å². The number of hydrogen-bond donors (Lipinski definition) is 2. The summed E-state index contributed by atoms with van der Waals surface area (Å²) in [7, 11) is 0. The van der Waals surface area contributed by atoms with Gasteiger partial charge in [-0.25, -0.2) is 4.79 Å². The monoisotopic (exact) mass is 325 g/mol. The minimum absolute atomic E-state index is 0.0398. The fourth-order valence-electron chi connectivity index (χ4n) is 1.54. The molecule has 0 radical (unpaired) electrons. The first-order valence-electron chi connectivity index (χ1n) is 6.28. The predicted molar refractivity (Wildman–Crippen MR) is 85.0 cm³/mol. The van der Waals surface area contributed by atoms with Gasteiger partial charge in [-0.3, -0.25) is 4.79 Å². The van der Waals surface area contributed by atoms with Gasteiger partial charge in [-0.2, -0.15) is 0 Å². The summed E-state index contributed by atoms with van der Waals surface area (Å²) in [6, 6.07) is 6.04. The molecule has 1 amide bonds. The van der Waals surface area contributed by atoms with Gasteiger partial charge in [0, 0.05) is 10.8 Å². The van der Waals surface area contributed by atoms with Crippen LogP contribution in [0.3, 0.4) is 0 Å². The van der Waals surface area contributed by atoms with Crippen LogP contribution >= 0.6 is 23.5 Å². The molecule has 0 unspecified atom stereocenters. The van der Waals surface area contributed by atoms with E-state index >= 15 is 0 Å². The van der Waals surface area contributed by atoms with E-state index in [1.807, 2.05) is 0 Å². The number of thioether (sulfide) groups is 2. The number of benzene rings is 1. The Bertz CT molecular complexity index is 575. The molecule has 2 N–H and O–H groups in total. The highest BCUT2D eigenvalue weighted by Gasteiger charge is 2.29. The number of carbonyl (C=O) groups excluding carboxylic acids is 2. The molecule has 0 aromatic heterocycles. The standard InChI is InChI=1S/C14H15NO4S2/c1-8(2)19-13(18)11(14-20-7-21-14)12(17)15-9-3-5-10(16)6-4-9/h3-6,8,16H,7H2,1-2H3,(H,15,17). The highest BCUT2D eigenvalue weighted by molar-refractivity contribution is 8.37. The molecule has 1 saturated heterocycles. The number of carbonyl (C=O) groups is 2. The Morgan fingerprint density at radius 3 is 2.33 bits per heavy atom. The normalized spacial score (nSPS) is 13.6. The van der Waals surface area contributed by atoms with Gasteiger partial charge in [0.25, 0.3) is 5.91 Å². The number of phenolic OH excluding ortho intramolecular Hbond substituents is 1. The van der Waals surface area contributed by atoms with Gasteiger partial charge in [0.15, 0.2) is 0 Å². The van der Waals surface area contributed by atoms with Crippen LogP contribution in [0, 0.1) is 0 Å². The molecule has 1 aliphatic heterocycles. The summed E-state index contributed by atoms with van der Waals surface area (Å²) >= 11 is 2.90. The molecule has 1 aromatic rings. The molecule has 0 atom stereocenters. The number of hydrogen-bond acceptors (Lipinski definition) is 6. The molecule has 0 aliphatic carbocycles. The Morgan fingerprint density at radius 2 is 1.86 bits per heavy atom. The zero-order chi connectivity index (χ0) is 15.4. The van der Waals surface area contributed by atoms with E-state index in [-0.39, 0.29) is 17.4 Å². The van der Waals surface area contributed by atoms with E-state index in [2.05, 4.69) is 5.32 Å². The summed E-state index contributed by atoms with van der Waals surface area (Å²) in [6.45, 7) is 3.47. The zero-order valence-corrected chi connectivity index (χ0v) is 13.2. The second-order valence-electron chi connectivity index (χ2n) is 4.52. The molecule has 1 fully saturated rings. The number of aromatic hydroxyl groups is 1. The number of nitrogens with one attached hydrogen (secondary N) is 1. The smallest absolute Gasteiger partial charge is 0.345 e. The first kappa shape index (κ1) is 15.8. The SMILES string of the molecule is CC(C)OC(=O)C(C(=O)Nc1ccc(O)cc1)=C1SCS1. The first-order valence-corrected chi connectivity index (χ1v) is 8.25. The highest BCUT2D eigenvalue weighted by atomic mass is 32.3. The van der Waals surface area contributed by atoms with Gasteiger partial charge in [-0.15, -0.1) is 23.5 Å². The van der Waals surface area contributed by atoms with Crippen molar-refractivity contribution in [1.82, 2.24) is 0 Å². The van der Waals surface area contributed by atoms with Crippen LogP contribution in [0.4, 0.5) is 5.69 Å². The fraction of sp³-hybridized carbons (Fsp3) is 0.286. The summed E-state index contributed by atoms with van der Waals surface area (Å²) < 4.78 is 5.80. The molecule has 0 spiro atoms. The van der Waals surface area contributed by atoms with Crippen LogP contribution < -0.4 is 5.32 Å². The van der Waals surface area contributed by atoms with E-state index in [1.54, 1.807) is 26.0 Å². The molecule has 1 aromatic carbocycles. The Balaban J connectivity index is 2.16. The minimum atomic E-state index is -0.615. The van der Waals surface area contributed by atoms with Crippen LogP contribution in [0.5, 0.6) is 5.75 Å². The van der Waals surface area contributed by atoms with Crippen molar-refractivity contribution in [2.75, 3.05) is 10.4 Å². The van der Waals surface area contributed by atoms with E-state index in [0.717, 1.165) is 5.08 Å². The second-order valence-corrected chi connectivity index (χ2v) is 7.12. The first-order chi connectivity index (χ1) is 9.97. The van der Waals surface area contributed by atoms with Crippen molar-refractivity contribution in [3.8, 4) is 5.75 Å². The van der Waals surface area contributed by atoms with E-state index in [4.69, 9.17) is 4.74 Å². The van der Waals surface area contributed by atoms with Gasteiger partial charge in [0.05, 0.1) is 10.3 Å². The van der Waals surface area contributed by atoms with E-state index in [0.29, 0.717) is 9.92 Å². The third-order valence-corrected chi connectivity index (χ3v) is 5.07. The third-order valence-electron chi connectivity index (χ3n) is 2.48. The van der Waals surface area contributed by atoms with E-state index in [1.165, 1.54) is 35.7 Å². The summed E-state index contributed by atoms with van der Waals surface area (Å²) in [5.41, 5.74) is 0.542. The number of rotatable bonds is 4. The molecule has 1 aliphatic rings. The second kappa shape index (κ2) is 6.91. The van der Waals surface area contributed by atoms with Crippen LogP contribution in [0.15, 0.2) is 34.1 Å². The van der Waals surface area contributed by atoms with Gasteiger partial charge >= 0.3 is 5.97 Å². The van der Waals surface area contributed by atoms with Gasteiger partial charge < -0.3 is 15.2 Å². The van der Waals surface area contributed by atoms with E-state index < -0.39 is 11.9 Å². The quantitative estimate of drug-likeness (QED) is 0.291. The van der Waals surface area contributed by atoms with Crippen LogP contribution in [0.2, 0.25) is 0 Å². The van der Waals surface area contributed by atoms with Crippen molar-refractivity contribution >= 4 is 41.1 Å². The lowest BCUT2D eigenvalue weighted by Gasteiger charge is -2.20. The largest absolute Gasteiger partial charge is 0.508 e. The Hall–Kier alpha value is -1.60. The highest BCUT2D eigenvalue weighted by Crippen LogP contribution is 2.45. The molecule has 1 heterocycles. The van der Waals surface area contributed by atoms with Crippen molar-refractivity contribution in [3.05, 3.63) is 34.1 Å². The van der Waals surface area contributed by atoms with Crippen molar-refractivity contribution in [2.24, 2.45) is 0 Å². The van der Waals surface area contributed by atoms with Crippen LogP contribution in [-0.2, 0) is 14.3 Å². The van der Waals surface area contributed by atoms with Gasteiger partial charge in [0.2, 0.25) is 0 Å². The molecule has 112 valence electrons. The van der Waals surface area contributed by atoms with Crippen molar-refractivity contribution in [3.63, 3.8) is 0 Å². The van der Waals surface area contributed by atoms with Gasteiger partial charge in [-0.05, 0) is 38.1 Å². The van der Waals surface area contributed by atoms with Gasteiger partial charge in [0.1, 0.15) is 11.3 Å². The van der Waals surface area contributed by atoms with Gasteiger partial charge in [-0.1, -0.05) is 0 Å². The Kier molecular flexibility index (Phi) is 5.19. The van der Waals surface area contributed by atoms with Crippen LogP contribution in [0.1, 0.15) is 13.8 Å². The lowest BCUT2D eigenvalue weighted by Crippen LogP contribution is -2.26. The molecule has 7 heteroatoms. The third kappa shape index (κ3) is 4.18. The lowest BCUT2D eigenvalue weighted by atomic mass is 10.2. The summed E-state index contributed by atoms with van der Waals surface area (Å²) in [4.78, 5) is 24.4. The maximum atomic E-state index is 12.3. The number of esters is 1. The fourth-order valence-corrected chi connectivity index (χ4v) is 3.13. The van der Waals surface area contributed by atoms with Crippen molar-refractivity contribution in [1.29, 1.82) is 0 Å². The molecule has 5 nitrogen and oxygen atoms in total. The number of ether oxygens (including phenoxy) is 1. The van der Waals surface area contributed by atoms with E-state index in [9.17, 15) is 14.7 Å². The lowest BCUT2D eigenvalue weighted by molar-refractivity contribution is -0.143. The molecule has 0 bridgehead atoms. The molecular weight excluding hydrogens is 310 g/mol. The van der Waals surface area contributed by atoms with Crippen molar-refractivity contribution in [2.45, 2.75) is 20.0 Å².